The molecule has 2 rings (SSSR count). The van der Waals surface area contributed by atoms with Crippen LogP contribution in [-0.4, -0.2) is 24.1 Å². The number of phenolic OH excluding ortho intramolecular Hbond substituents is 1. The molecular formula is C16H17FN2O2. The van der Waals surface area contributed by atoms with Crippen LogP contribution in [0.3, 0.4) is 0 Å². The number of para-hydroxylation sites is 1. The monoisotopic (exact) mass is 288 g/mol. The number of nitrogens with two attached hydrogens (primary N) is 1. The number of nitrogens with zero attached hydrogens (tertiary/aromatic N) is 1. The molecule has 1 amide bonds. The summed E-state index contributed by atoms with van der Waals surface area (Å²) in [4.78, 5) is 14.1. The minimum absolute atomic E-state index is 0.0811. The fourth-order valence-corrected chi connectivity index (χ4v) is 2.02. The van der Waals surface area contributed by atoms with Gasteiger partial charge in [0.2, 0.25) is 0 Å². The second-order valence-corrected chi connectivity index (χ2v) is 4.59. The van der Waals surface area contributed by atoms with Crippen LogP contribution >= 0.6 is 0 Å². The van der Waals surface area contributed by atoms with E-state index in [1.54, 1.807) is 18.2 Å². The van der Waals surface area contributed by atoms with E-state index in [-0.39, 0.29) is 23.0 Å². The molecule has 0 aliphatic carbocycles. The van der Waals surface area contributed by atoms with E-state index in [0.29, 0.717) is 25.2 Å². The van der Waals surface area contributed by atoms with E-state index in [0.717, 1.165) is 0 Å². The minimum Gasteiger partial charge on any atom is -0.507 e. The second-order valence-electron chi connectivity index (χ2n) is 4.59. The van der Waals surface area contributed by atoms with Crippen LogP contribution in [-0.2, 0) is 0 Å². The van der Waals surface area contributed by atoms with Crippen molar-refractivity contribution in [1.29, 1.82) is 0 Å². The van der Waals surface area contributed by atoms with E-state index in [4.69, 9.17) is 5.73 Å². The number of hydrogen-bond acceptors (Lipinski definition) is 3. The lowest BCUT2D eigenvalue weighted by Gasteiger charge is -2.23. The highest BCUT2D eigenvalue weighted by atomic mass is 19.1. The van der Waals surface area contributed by atoms with Crippen LogP contribution in [0.15, 0.2) is 48.5 Å². The van der Waals surface area contributed by atoms with Crippen molar-refractivity contribution in [3.8, 4) is 5.75 Å². The number of carbonyl (C=O) groups excluding carboxylic acids is 1. The summed E-state index contributed by atoms with van der Waals surface area (Å²) in [5.74, 6) is -0.789. The molecule has 4 nitrogen and oxygen atoms in total. The predicted molar refractivity (Wildman–Crippen MR) is 79.9 cm³/mol. The number of halogens is 1. The maximum atomic E-state index is 13.0. The summed E-state index contributed by atoms with van der Waals surface area (Å²) in [6.07, 6.45) is 0.608. The van der Waals surface area contributed by atoms with Crippen LogP contribution in [0.4, 0.5) is 10.1 Å². The van der Waals surface area contributed by atoms with E-state index in [1.165, 1.54) is 35.2 Å². The maximum Gasteiger partial charge on any atom is 0.262 e. The molecule has 0 aromatic heterocycles. The molecule has 2 aromatic carbocycles. The zero-order chi connectivity index (χ0) is 15.2. The highest BCUT2D eigenvalue weighted by molar-refractivity contribution is 6.07. The molecule has 0 saturated carbocycles. The standard InChI is InChI=1S/C16H17FN2O2/c17-12-6-8-13(9-7-12)19(11-3-10-18)16(21)14-4-1-2-5-15(14)20/h1-2,4-9,20H,3,10-11,18H2. The average Bonchev–Trinajstić information content (AvgIpc) is 2.49. The zero-order valence-corrected chi connectivity index (χ0v) is 11.5. The summed E-state index contributed by atoms with van der Waals surface area (Å²) in [6.45, 7) is 0.834. The molecule has 0 aliphatic rings. The number of anilines is 1. The summed E-state index contributed by atoms with van der Waals surface area (Å²) in [5.41, 5.74) is 6.28. The van der Waals surface area contributed by atoms with Gasteiger partial charge in [0.25, 0.3) is 5.91 Å². The molecule has 0 heterocycles. The van der Waals surface area contributed by atoms with Gasteiger partial charge in [0.1, 0.15) is 11.6 Å². The van der Waals surface area contributed by atoms with Crippen molar-refractivity contribution in [3.05, 3.63) is 59.9 Å². The Labute approximate surface area is 122 Å². The molecule has 110 valence electrons. The fraction of sp³-hybridized carbons (Fsp3) is 0.188. The third-order valence-corrected chi connectivity index (χ3v) is 3.10. The number of aromatic hydroxyl groups is 1. The summed E-state index contributed by atoms with van der Waals surface area (Å²) < 4.78 is 13.0. The second kappa shape index (κ2) is 6.85. The molecule has 2 aromatic rings. The molecule has 0 saturated heterocycles. The van der Waals surface area contributed by atoms with Crippen molar-refractivity contribution < 1.29 is 14.3 Å². The van der Waals surface area contributed by atoms with E-state index in [9.17, 15) is 14.3 Å². The summed E-state index contributed by atoms with van der Waals surface area (Å²) in [5, 5.41) is 9.81. The molecule has 0 atom stereocenters. The summed E-state index contributed by atoms with van der Waals surface area (Å²) in [7, 11) is 0. The lowest BCUT2D eigenvalue weighted by molar-refractivity contribution is 0.0984. The van der Waals surface area contributed by atoms with E-state index < -0.39 is 0 Å². The molecule has 0 radical (unpaired) electrons. The van der Waals surface area contributed by atoms with Crippen molar-refractivity contribution in [2.24, 2.45) is 5.73 Å². The Morgan fingerprint density at radius 3 is 2.43 bits per heavy atom. The number of rotatable bonds is 5. The molecule has 0 unspecified atom stereocenters. The zero-order valence-electron chi connectivity index (χ0n) is 11.5. The van der Waals surface area contributed by atoms with Gasteiger partial charge in [0.15, 0.2) is 0 Å². The minimum atomic E-state index is -0.368. The lowest BCUT2D eigenvalue weighted by atomic mass is 10.1. The molecule has 21 heavy (non-hydrogen) atoms. The normalized spacial score (nSPS) is 10.4. The Kier molecular flexibility index (Phi) is 4.90. The molecule has 0 aliphatic heterocycles. The lowest BCUT2D eigenvalue weighted by Crippen LogP contribution is -2.33. The van der Waals surface area contributed by atoms with Crippen LogP contribution in [0.5, 0.6) is 5.75 Å². The first-order chi connectivity index (χ1) is 10.1. The van der Waals surface area contributed by atoms with Gasteiger partial charge in [-0.15, -0.1) is 0 Å². The van der Waals surface area contributed by atoms with Crippen LogP contribution < -0.4 is 10.6 Å². The van der Waals surface area contributed by atoms with Gasteiger partial charge >= 0.3 is 0 Å². The Hall–Kier alpha value is -2.40. The highest BCUT2D eigenvalue weighted by Crippen LogP contribution is 2.22. The first-order valence-electron chi connectivity index (χ1n) is 6.69. The van der Waals surface area contributed by atoms with E-state index in [1.807, 2.05) is 0 Å². The molecule has 5 heteroatoms. The number of amides is 1. The number of carbonyl (C=O) groups is 1. The smallest absolute Gasteiger partial charge is 0.262 e. The first-order valence-corrected chi connectivity index (χ1v) is 6.69. The van der Waals surface area contributed by atoms with Gasteiger partial charge in [-0.05, 0) is 49.4 Å². The molecule has 0 spiro atoms. The number of hydrogen-bond donors (Lipinski definition) is 2. The molecular weight excluding hydrogens is 271 g/mol. The average molecular weight is 288 g/mol. The van der Waals surface area contributed by atoms with Gasteiger partial charge in [-0.3, -0.25) is 4.79 Å². The van der Waals surface area contributed by atoms with Gasteiger partial charge in [-0.2, -0.15) is 0 Å². The van der Waals surface area contributed by atoms with Crippen molar-refractivity contribution in [2.45, 2.75) is 6.42 Å². The number of phenols is 1. The van der Waals surface area contributed by atoms with Gasteiger partial charge in [0.05, 0.1) is 5.56 Å². The topological polar surface area (TPSA) is 66.6 Å². The third kappa shape index (κ3) is 3.58. The molecule has 0 bridgehead atoms. The largest absolute Gasteiger partial charge is 0.507 e. The SMILES string of the molecule is NCCCN(C(=O)c1ccccc1O)c1ccc(F)cc1. The summed E-state index contributed by atoms with van der Waals surface area (Å²) >= 11 is 0. The fourth-order valence-electron chi connectivity index (χ4n) is 2.02. The van der Waals surface area contributed by atoms with Crippen LogP contribution in [0, 0.1) is 5.82 Å². The van der Waals surface area contributed by atoms with Crippen LogP contribution in [0.2, 0.25) is 0 Å². The Morgan fingerprint density at radius 1 is 1.14 bits per heavy atom. The highest BCUT2D eigenvalue weighted by Gasteiger charge is 2.19. The van der Waals surface area contributed by atoms with Gasteiger partial charge in [0, 0.05) is 12.2 Å². The Morgan fingerprint density at radius 2 is 1.81 bits per heavy atom. The van der Waals surface area contributed by atoms with Gasteiger partial charge in [-0.25, -0.2) is 4.39 Å². The van der Waals surface area contributed by atoms with Crippen molar-refractivity contribution in [3.63, 3.8) is 0 Å². The van der Waals surface area contributed by atoms with Crippen molar-refractivity contribution in [1.82, 2.24) is 0 Å². The number of benzene rings is 2. The third-order valence-electron chi connectivity index (χ3n) is 3.10. The van der Waals surface area contributed by atoms with Crippen molar-refractivity contribution in [2.75, 3.05) is 18.0 Å². The van der Waals surface area contributed by atoms with Crippen molar-refractivity contribution >= 4 is 11.6 Å². The van der Waals surface area contributed by atoms with Gasteiger partial charge < -0.3 is 15.7 Å². The van der Waals surface area contributed by atoms with Gasteiger partial charge in [-0.1, -0.05) is 12.1 Å². The van der Waals surface area contributed by atoms with Crippen LogP contribution in [0.1, 0.15) is 16.8 Å². The predicted octanol–water partition coefficient (Wildman–Crippen LogP) is 2.53. The summed E-state index contributed by atoms with van der Waals surface area (Å²) in [6, 6.07) is 12.0. The quantitative estimate of drug-likeness (QED) is 0.888. The van der Waals surface area contributed by atoms with E-state index in [2.05, 4.69) is 0 Å². The Bertz CT molecular complexity index is 614. The molecule has 0 fully saturated rings. The first kappa shape index (κ1) is 15.0. The molecule has 3 N–H and O–H groups in total. The maximum absolute atomic E-state index is 13.0. The Balaban J connectivity index is 2.33. The van der Waals surface area contributed by atoms with Crippen LogP contribution in [0.25, 0.3) is 0 Å². The van der Waals surface area contributed by atoms with E-state index >= 15 is 0 Å².